The Balaban J connectivity index is 1.46. The van der Waals surface area contributed by atoms with Gasteiger partial charge in [-0.3, -0.25) is 4.79 Å². The number of nitrogens with one attached hydrogen (secondary N) is 1. The number of hydrogen-bond acceptors (Lipinski definition) is 5. The number of hydrogen-bond donors (Lipinski definition) is 1. The molecule has 2 aliphatic rings. The molecule has 1 amide bonds. The van der Waals surface area contributed by atoms with E-state index < -0.39 is 0 Å². The second kappa shape index (κ2) is 13.1. The molecule has 0 radical (unpaired) electrons. The second-order valence-corrected chi connectivity index (χ2v) is 10.6. The zero-order valence-electron chi connectivity index (χ0n) is 22.3. The summed E-state index contributed by atoms with van der Waals surface area (Å²) in [6.07, 6.45) is 8.84. The van der Waals surface area contributed by atoms with Crippen LogP contribution in [0.25, 0.3) is 11.1 Å². The van der Waals surface area contributed by atoms with Gasteiger partial charge in [-0.15, -0.1) is 0 Å². The fourth-order valence-corrected chi connectivity index (χ4v) is 5.45. The molecule has 196 valence electrons. The fraction of sp³-hybridized carbons (Fsp3) is 0.600. The molecule has 0 spiro atoms. The molecule has 1 saturated heterocycles. The zero-order chi connectivity index (χ0) is 25.3. The summed E-state index contributed by atoms with van der Waals surface area (Å²) in [5.74, 6) is 2.62. The van der Waals surface area contributed by atoms with Gasteiger partial charge in [-0.25, -0.2) is 4.98 Å². The van der Waals surface area contributed by atoms with Crippen LogP contribution in [-0.2, 0) is 11.2 Å². The third-order valence-electron chi connectivity index (χ3n) is 7.78. The van der Waals surface area contributed by atoms with Gasteiger partial charge >= 0.3 is 0 Å². The lowest BCUT2D eigenvalue weighted by molar-refractivity contribution is -0.121. The average Bonchev–Trinajstić information content (AvgIpc) is 2.90. The minimum absolute atomic E-state index is 0.0376. The molecule has 1 atom stereocenters. The van der Waals surface area contributed by atoms with Crippen LogP contribution in [0.5, 0.6) is 11.6 Å². The van der Waals surface area contributed by atoms with Crippen molar-refractivity contribution in [2.24, 2.45) is 11.8 Å². The molecule has 36 heavy (non-hydrogen) atoms. The fourth-order valence-electron chi connectivity index (χ4n) is 5.45. The monoisotopic (exact) mass is 493 g/mol. The van der Waals surface area contributed by atoms with Crippen molar-refractivity contribution in [2.75, 3.05) is 33.4 Å². The molecule has 0 bridgehead atoms. The molecule has 1 aromatic heterocycles. The minimum Gasteiger partial charge on any atom is -0.494 e. The Bertz CT molecular complexity index is 964. The van der Waals surface area contributed by atoms with E-state index in [2.05, 4.69) is 24.2 Å². The molecular formula is C30H43N3O3. The van der Waals surface area contributed by atoms with E-state index in [-0.39, 0.29) is 18.4 Å². The number of likely N-dealkylation sites (tertiary alicyclic amines) is 1. The molecular weight excluding hydrogens is 450 g/mol. The summed E-state index contributed by atoms with van der Waals surface area (Å²) >= 11 is 0. The standard InChI is InChI=1S/C30H43N3O3/c1-4-35-27-13-10-25(11-14-27)28-15-12-26(20-29(34)31-22(2)24-8-6-5-7-9-24)32-30(28)36-21-23-16-18-33(3)19-17-23/h10-15,22-24H,4-9,16-21H2,1-3H3,(H,31,34)/t22-/m1/s1. The van der Waals surface area contributed by atoms with Crippen LogP contribution >= 0.6 is 0 Å². The van der Waals surface area contributed by atoms with E-state index in [1.165, 1.54) is 32.1 Å². The summed E-state index contributed by atoms with van der Waals surface area (Å²) < 4.78 is 12.0. The number of carbonyl (C=O) groups excluding carboxylic acids is 1. The number of amides is 1. The van der Waals surface area contributed by atoms with Crippen LogP contribution in [-0.4, -0.2) is 55.2 Å². The number of nitrogens with zero attached hydrogens (tertiary/aromatic N) is 2. The molecule has 1 aliphatic heterocycles. The topological polar surface area (TPSA) is 63.7 Å². The van der Waals surface area contributed by atoms with Gasteiger partial charge in [-0.05, 0) is 101 Å². The Morgan fingerprint density at radius 3 is 2.44 bits per heavy atom. The van der Waals surface area contributed by atoms with E-state index in [0.717, 1.165) is 48.5 Å². The number of piperidine rings is 1. The maximum atomic E-state index is 12.9. The molecule has 0 unspecified atom stereocenters. The first-order valence-corrected chi connectivity index (χ1v) is 13.9. The Hall–Kier alpha value is -2.60. The Labute approximate surface area is 216 Å². The normalized spacial score (nSPS) is 18.5. The lowest BCUT2D eigenvalue weighted by Gasteiger charge is -2.29. The second-order valence-electron chi connectivity index (χ2n) is 10.6. The van der Waals surface area contributed by atoms with Crippen molar-refractivity contribution < 1.29 is 14.3 Å². The van der Waals surface area contributed by atoms with Crippen molar-refractivity contribution in [1.29, 1.82) is 0 Å². The van der Waals surface area contributed by atoms with Crippen molar-refractivity contribution >= 4 is 5.91 Å². The maximum Gasteiger partial charge on any atom is 0.226 e. The Morgan fingerprint density at radius 1 is 1.03 bits per heavy atom. The number of pyridine rings is 1. The molecule has 1 aromatic carbocycles. The van der Waals surface area contributed by atoms with E-state index in [0.29, 0.717) is 30.9 Å². The van der Waals surface area contributed by atoms with E-state index in [4.69, 9.17) is 14.5 Å². The highest BCUT2D eigenvalue weighted by molar-refractivity contribution is 5.79. The van der Waals surface area contributed by atoms with Crippen molar-refractivity contribution in [3.63, 3.8) is 0 Å². The zero-order valence-corrected chi connectivity index (χ0v) is 22.3. The summed E-state index contributed by atoms with van der Waals surface area (Å²) in [4.78, 5) is 20.1. The predicted molar refractivity (Wildman–Crippen MR) is 144 cm³/mol. The summed E-state index contributed by atoms with van der Waals surface area (Å²) in [7, 11) is 2.17. The Morgan fingerprint density at radius 2 is 1.75 bits per heavy atom. The first-order chi connectivity index (χ1) is 17.5. The molecule has 2 heterocycles. The van der Waals surface area contributed by atoms with Gasteiger partial charge in [-0.2, -0.15) is 0 Å². The molecule has 1 N–H and O–H groups in total. The van der Waals surface area contributed by atoms with Crippen LogP contribution in [0.1, 0.15) is 64.5 Å². The quantitative estimate of drug-likeness (QED) is 0.474. The van der Waals surface area contributed by atoms with Gasteiger partial charge < -0.3 is 19.7 Å². The van der Waals surface area contributed by atoms with Crippen molar-refractivity contribution in [3.8, 4) is 22.8 Å². The van der Waals surface area contributed by atoms with Crippen molar-refractivity contribution in [1.82, 2.24) is 15.2 Å². The lowest BCUT2D eigenvalue weighted by atomic mass is 9.84. The van der Waals surface area contributed by atoms with Gasteiger partial charge in [0.05, 0.1) is 25.3 Å². The summed E-state index contributed by atoms with van der Waals surface area (Å²) in [6, 6.07) is 12.3. The van der Waals surface area contributed by atoms with Gasteiger partial charge in [0.25, 0.3) is 0 Å². The number of aromatic nitrogens is 1. The number of carbonyl (C=O) groups is 1. The number of benzene rings is 1. The third kappa shape index (κ3) is 7.45. The minimum atomic E-state index is 0.0376. The van der Waals surface area contributed by atoms with Crippen molar-refractivity contribution in [3.05, 3.63) is 42.1 Å². The summed E-state index contributed by atoms with van der Waals surface area (Å²) in [6.45, 7) is 7.63. The summed E-state index contributed by atoms with van der Waals surface area (Å²) in [5, 5.41) is 3.23. The van der Waals surface area contributed by atoms with Crippen LogP contribution in [0.15, 0.2) is 36.4 Å². The maximum absolute atomic E-state index is 12.9. The first kappa shape index (κ1) is 26.5. The SMILES string of the molecule is CCOc1ccc(-c2ccc(CC(=O)N[C@H](C)C3CCCCC3)nc2OCC2CCN(C)CC2)cc1. The van der Waals surface area contributed by atoms with Crippen LogP contribution in [0.2, 0.25) is 0 Å². The van der Waals surface area contributed by atoms with E-state index >= 15 is 0 Å². The van der Waals surface area contributed by atoms with Crippen LogP contribution in [0.3, 0.4) is 0 Å². The highest BCUT2D eigenvalue weighted by Gasteiger charge is 2.22. The first-order valence-electron chi connectivity index (χ1n) is 13.9. The van der Waals surface area contributed by atoms with E-state index in [1.807, 2.05) is 43.3 Å². The number of rotatable bonds is 10. The van der Waals surface area contributed by atoms with Gasteiger partial charge in [0.15, 0.2) is 0 Å². The van der Waals surface area contributed by atoms with Gasteiger partial charge in [0, 0.05) is 11.6 Å². The molecule has 1 aliphatic carbocycles. The van der Waals surface area contributed by atoms with Crippen molar-refractivity contribution in [2.45, 2.75) is 71.3 Å². The molecule has 6 nitrogen and oxygen atoms in total. The lowest BCUT2D eigenvalue weighted by Crippen LogP contribution is -2.39. The van der Waals surface area contributed by atoms with E-state index in [9.17, 15) is 4.79 Å². The molecule has 2 aromatic rings. The predicted octanol–water partition coefficient (Wildman–Crippen LogP) is 5.50. The molecule has 4 rings (SSSR count). The van der Waals surface area contributed by atoms with E-state index in [1.54, 1.807) is 0 Å². The molecule has 2 fully saturated rings. The van der Waals surface area contributed by atoms with Gasteiger partial charge in [0.1, 0.15) is 5.75 Å². The highest BCUT2D eigenvalue weighted by atomic mass is 16.5. The van der Waals surface area contributed by atoms with Gasteiger partial charge in [0.2, 0.25) is 11.8 Å². The van der Waals surface area contributed by atoms with Crippen LogP contribution in [0, 0.1) is 11.8 Å². The smallest absolute Gasteiger partial charge is 0.226 e. The summed E-state index contributed by atoms with van der Waals surface area (Å²) in [5.41, 5.74) is 2.73. The van der Waals surface area contributed by atoms with Gasteiger partial charge in [-0.1, -0.05) is 31.4 Å². The van der Waals surface area contributed by atoms with Crippen LogP contribution in [0.4, 0.5) is 0 Å². The highest BCUT2D eigenvalue weighted by Crippen LogP contribution is 2.31. The third-order valence-corrected chi connectivity index (χ3v) is 7.78. The largest absolute Gasteiger partial charge is 0.494 e. The number of ether oxygens (including phenoxy) is 2. The average molecular weight is 494 g/mol. The Kier molecular flexibility index (Phi) is 9.62. The molecule has 6 heteroatoms. The van der Waals surface area contributed by atoms with Crippen LogP contribution < -0.4 is 14.8 Å². The molecule has 1 saturated carbocycles.